The van der Waals surface area contributed by atoms with E-state index in [0.717, 1.165) is 15.4 Å². The van der Waals surface area contributed by atoms with Crippen LogP contribution >= 0.6 is 23.2 Å². The van der Waals surface area contributed by atoms with Crippen molar-refractivity contribution in [1.82, 2.24) is 10.2 Å². The van der Waals surface area contributed by atoms with Crippen molar-refractivity contribution in [2.75, 3.05) is 10.8 Å². The lowest BCUT2D eigenvalue weighted by atomic mass is 10.0. The molecule has 1 atom stereocenters. The van der Waals surface area contributed by atoms with Crippen molar-refractivity contribution >= 4 is 50.7 Å². The SMILES string of the molecule is CC(C)c1ccc(N(CC(=O)N(Cc2c(Cl)cccc2Cl)C(Cc2ccccc2)C(=O)NC(C)(C)C)S(=O)(=O)c2ccccc2)cc1. The lowest BCUT2D eigenvalue weighted by Gasteiger charge is -2.35. The summed E-state index contributed by atoms with van der Waals surface area (Å²) < 4.78 is 29.5. The number of nitrogens with zero attached hydrogens (tertiary/aromatic N) is 2. The van der Waals surface area contributed by atoms with Crippen molar-refractivity contribution in [2.45, 2.75) is 70.0 Å². The summed E-state index contributed by atoms with van der Waals surface area (Å²) in [7, 11) is -4.21. The van der Waals surface area contributed by atoms with Gasteiger partial charge in [-0.25, -0.2) is 8.42 Å². The van der Waals surface area contributed by atoms with Crippen molar-refractivity contribution in [3.8, 4) is 0 Å². The van der Waals surface area contributed by atoms with Crippen LogP contribution in [0.5, 0.6) is 0 Å². The molecule has 0 aliphatic rings. The van der Waals surface area contributed by atoms with Gasteiger partial charge in [-0.3, -0.25) is 13.9 Å². The highest BCUT2D eigenvalue weighted by molar-refractivity contribution is 7.92. The summed E-state index contributed by atoms with van der Waals surface area (Å²) in [5.74, 6) is -0.768. The summed E-state index contributed by atoms with van der Waals surface area (Å²) in [6, 6.07) is 28.4. The van der Waals surface area contributed by atoms with E-state index >= 15 is 0 Å². The molecular formula is C37H41Cl2N3O4S. The van der Waals surface area contributed by atoms with Gasteiger partial charge in [0.25, 0.3) is 10.0 Å². The summed E-state index contributed by atoms with van der Waals surface area (Å²) in [5.41, 5.74) is 2.01. The largest absolute Gasteiger partial charge is 0.350 e. The fourth-order valence-corrected chi connectivity index (χ4v) is 7.09. The quantitative estimate of drug-likeness (QED) is 0.164. The van der Waals surface area contributed by atoms with Crippen LogP contribution in [-0.4, -0.2) is 43.3 Å². The molecule has 4 aromatic rings. The van der Waals surface area contributed by atoms with Crippen molar-refractivity contribution in [2.24, 2.45) is 0 Å². The van der Waals surface area contributed by atoms with Crippen LogP contribution < -0.4 is 9.62 Å². The first-order chi connectivity index (χ1) is 22.2. The highest BCUT2D eigenvalue weighted by atomic mass is 35.5. The van der Waals surface area contributed by atoms with Gasteiger partial charge in [-0.05, 0) is 74.2 Å². The Balaban J connectivity index is 1.85. The molecule has 47 heavy (non-hydrogen) atoms. The lowest BCUT2D eigenvalue weighted by molar-refractivity contribution is -0.140. The zero-order chi connectivity index (χ0) is 34.4. The van der Waals surface area contributed by atoms with E-state index in [1.807, 2.05) is 77.1 Å². The first kappa shape index (κ1) is 36.0. The number of carbonyl (C=O) groups excluding carboxylic acids is 2. The van der Waals surface area contributed by atoms with E-state index < -0.39 is 40.0 Å². The molecule has 1 unspecified atom stereocenters. The van der Waals surface area contributed by atoms with Crippen LogP contribution in [0, 0.1) is 0 Å². The van der Waals surface area contributed by atoms with Crippen molar-refractivity contribution in [3.63, 3.8) is 0 Å². The van der Waals surface area contributed by atoms with Crippen molar-refractivity contribution < 1.29 is 18.0 Å². The molecule has 0 heterocycles. The zero-order valence-corrected chi connectivity index (χ0v) is 29.6. The topological polar surface area (TPSA) is 86.8 Å². The van der Waals surface area contributed by atoms with Crippen LogP contribution in [-0.2, 0) is 32.6 Å². The van der Waals surface area contributed by atoms with E-state index in [4.69, 9.17) is 23.2 Å². The predicted molar refractivity (Wildman–Crippen MR) is 190 cm³/mol. The molecule has 0 spiro atoms. The number of anilines is 1. The summed E-state index contributed by atoms with van der Waals surface area (Å²) in [6.07, 6.45) is 0.172. The number of sulfonamides is 1. The molecule has 2 amide bonds. The molecule has 0 aromatic heterocycles. The minimum Gasteiger partial charge on any atom is -0.350 e. The van der Waals surface area contributed by atoms with Crippen LogP contribution in [0.15, 0.2) is 108 Å². The first-order valence-corrected chi connectivity index (χ1v) is 17.6. The molecule has 0 radical (unpaired) electrons. The number of nitrogens with one attached hydrogen (secondary N) is 1. The molecule has 0 saturated heterocycles. The monoisotopic (exact) mass is 693 g/mol. The highest BCUT2D eigenvalue weighted by Gasteiger charge is 2.36. The maximum absolute atomic E-state index is 14.7. The third kappa shape index (κ3) is 9.37. The molecule has 0 aliphatic heterocycles. The number of hydrogen-bond acceptors (Lipinski definition) is 4. The molecule has 248 valence electrons. The maximum atomic E-state index is 14.7. The number of halogens is 2. The van der Waals surface area contributed by atoms with Crippen molar-refractivity contribution in [3.05, 3.63) is 130 Å². The second-order valence-electron chi connectivity index (χ2n) is 12.7. The van der Waals surface area contributed by atoms with Crippen LogP contribution in [0.1, 0.15) is 57.2 Å². The number of amides is 2. The standard InChI is InChI=1S/C37H41Cl2N3O4S/c1-26(2)28-19-21-29(22-20-28)42(47(45,46)30-15-10-7-11-16-30)25-35(43)41(24-31-32(38)17-12-18-33(31)39)34(36(44)40-37(3,4)5)23-27-13-8-6-9-14-27/h6-22,26,34H,23-25H2,1-5H3,(H,40,44). The van der Waals surface area contributed by atoms with Crippen LogP contribution in [0.2, 0.25) is 10.0 Å². The molecule has 0 fully saturated rings. The van der Waals surface area contributed by atoms with Gasteiger partial charge in [0.05, 0.1) is 10.6 Å². The van der Waals surface area contributed by atoms with E-state index in [1.165, 1.54) is 17.0 Å². The van der Waals surface area contributed by atoms with E-state index in [2.05, 4.69) is 5.32 Å². The molecule has 1 N–H and O–H groups in total. The summed E-state index contributed by atoms with van der Waals surface area (Å²) >= 11 is 13.2. The second kappa shape index (κ2) is 15.4. The summed E-state index contributed by atoms with van der Waals surface area (Å²) in [4.78, 5) is 30.1. The molecule has 4 rings (SSSR count). The molecule has 4 aromatic carbocycles. The van der Waals surface area contributed by atoms with E-state index in [9.17, 15) is 18.0 Å². The van der Waals surface area contributed by atoms with Crippen LogP contribution in [0.4, 0.5) is 5.69 Å². The fraction of sp³-hybridized carbons (Fsp3) is 0.297. The summed E-state index contributed by atoms with van der Waals surface area (Å²) in [6.45, 7) is 8.96. The Hall–Kier alpha value is -3.85. The Labute approximate surface area is 288 Å². The lowest BCUT2D eigenvalue weighted by Crippen LogP contribution is -2.56. The third-order valence-corrected chi connectivity index (χ3v) is 10.1. The van der Waals surface area contributed by atoms with Gasteiger partial charge in [0.1, 0.15) is 12.6 Å². The smallest absolute Gasteiger partial charge is 0.264 e. The van der Waals surface area contributed by atoms with E-state index in [0.29, 0.717) is 21.3 Å². The Morgan fingerprint density at radius 3 is 1.87 bits per heavy atom. The molecular weight excluding hydrogens is 653 g/mol. The maximum Gasteiger partial charge on any atom is 0.264 e. The average Bonchev–Trinajstić information content (AvgIpc) is 3.02. The first-order valence-electron chi connectivity index (χ1n) is 15.4. The second-order valence-corrected chi connectivity index (χ2v) is 15.4. The normalized spacial score (nSPS) is 12.4. The summed E-state index contributed by atoms with van der Waals surface area (Å²) in [5, 5.41) is 3.66. The minimum atomic E-state index is -4.21. The van der Waals surface area contributed by atoms with Crippen LogP contribution in [0.3, 0.4) is 0 Å². The highest BCUT2D eigenvalue weighted by Crippen LogP contribution is 2.30. The van der Waals surface area contributed by atoms with Crippen LogP contribution in [0.25, 0.3) is 0 Å². The average molecular weight is 695 g/mol. The molecule has 0 saturated carbocycles. The van der Waals surface area contributed by atoms with E-state index in [1.54, 1.807) is 48.5 Å². The molecule has 0 bridgehead atoms. The van der Waals surface area contributed by atoms with Gasteiger partial charge in [0.2, 0.25) is 11.8 Å². The zero-order valence-electron chi connectivity index (χ0n) is 27.3. The van der Waals surface area contributed by atoms with Gasteiger partial charge < -0.3 is 10.2 Å². The number of rotatable bonds is 12. The van der Waals surface area contributed by atoms with Gasteiger partial charge in [-0.15, -0.1) is 0 Å². The fourth-order valence-electron chi connectivity index (χ4n) is 5.13. The van der Waals surface area contributed by atoms with Gasteiger partial charge in [-0.2, -0.15) is 0 Å². The van der Waals surface area contributed by atoms with Gasteiger partial charge in [0.15, 0.2) is 0 Å². The third-order valence-electron chi connectivity index (χ3n) is 7.62. The Morgan fingerprint density at radius 1 is 0.787 bits per heavy atom. The van der Waals surface area contributed by atoms with Gasteiger partial charge in [-0.1, -0.05) is 104 Å². The Morgan fingerprint density at radius 2 is 1.34 bits per heavy atom. The van der Waals surface area contributed by atoms with E-state index in [-0.39, 0.29) is 23.8 Å². The Bertz CT molecular complexity index is 1760. The molecule has 7 nitrogen and oxygen atoms in total. The number of benzene rings is 4. The van der Waals surface area contributed by atoms with Crippen molar-refractivity contribution in [1.29, 1.82) is 0 Å². The minimum absolute atomic E-state index is 0.0349. The Kier molecular flexibility index (Phi) is 11.8. The molecule has 0 aliphatic carbocycles. The van der Waals surface area contributed by atoms with Gasteiger partial charge >= 0.3 is 0 Å². The number of hydrogen-bond donors (Lipinski definition) is 1. The number of carbonyl (C=O) groups is 2. The molecule has 10 heteroatoms. The predicted octanol–water partition coefficient (Wildman–Crippen LogP) is 7.87. The van der Waals surface area contributed by atoms with Gasteiger partial charge in [0, 0.05) is 34.1 Å².